The topological polar surface area (TPSA) is 36.1 Å². The molecule has 2 unspecified atom stereocenters. The van der Waals surface area contributed by atoms with Crippen molar-refractivity contribution >= 4 is 35.1 Å². The van der Waals surface area contributed by atoms with E-state index in [1.54, 1.807) is 0 Å². The Morgan fingerprint density at radius 3 is 2.15 bits per heavy atom. The van der Waals surface area contributed by atoms with Crippen LogP contribution in [0.3, 0.4) is 0 Å². The molecule has 0 amide bonds. The predicted molar refractivity (Wildman–Crippen MR) is 115 cm³/mol. The summed E-state index contributed by atoms with van der Waals surface area (Å²) >= 11 is 6.04. The second kappa shape index (κ2) is 6.67. The van der Waals surface area contributed by atoms with Gasteiger partial charge in [0.2, 0.25) is 0 Å². The van der Waals surface area contributed by atoms with Crippen LogP contribution in [0.5, 0.6) is 0 Å². The number of fused-ring (bicyclic) bond motifs is 3. The third kappa shape index (κ3) is 3.04. The van der Waals surface area contributed by atoms with Crippen LogP contribution in [0.15, 0.2) is 72.5 Å². The Kier molecular flexibility index (Phi) is 4.02. The van der Waals surface area contributed by atoms with Crippen molar-refractivity contribution in [3.63, 3.8) is 0 Å². The van der Waals surface area contributed by atoms with Gasteiger partial charge in [-0.2, -0.15) is 0 Å². The van der Waals surface area contributed by atoms with Crippen LogP contribution in [0.1, 0.15) is 22.7 Å². The first-order chi connectivity index (χ1) is 13.3. The SMILES string of the molecule is Clc1ccc(C2C=Cc3ccc4c(c3N2)NC(C2=CC=CCN2)C=C4)cc1. The van der Waals surface area contributed by atoms with Crippen LogP contribution in [0.25, 0.3) is 12.2 Å². The van der Waals surface area contributed by atoms with E-state index < -0.39 is 0 Å². The fourth-order valence-corrected chi connectivity index (χ4v) is 3.89. The lowest BCUT2D eigenvalue weighted by atomic mass is 9.94. The molecule has 3 aliphatic rings. The number of anilines is 2. The average molecular weight is 374 g/mol. The highest BCUT2D eigenvalue weighted by Crippen LogP contribution is 2.40. The minimum atomic E-state index is 0.127. The van der Waals surface area contributed by atoms with Gasteiger partial charge in [0.15, 0.2) is 0 Å². The third-order valence-corrected chi connectivity index (χ3v) is 5.46. The van der Waals surface area contributed by atoms with Gasteiger partial charge in [-0.15, -0.1) is 0 Å². The molecule has 3 heterocycles. The van der Waals surface area contributed by atoms with Crippen LogP contribution >= 0.6 is 11.6 Å². The second-order valence-electron chi connectivity index (χ2n) is 6.94. The molecule has 3 aliphatic heterocycles. The molecule has 2 atom stereocenters. The van der Waals surface area contributed by atoms with Gasteiger partial charge in [0, 0.05) is 17.3 Å². The largest absolute Gasteiger partial charge is 0.383 e. The lowest BCUT2D eigenvalue weighted by Crippen LogP contribution is -2.32. The Bertz CT molecular complexity index is 999. The number of halogens is 1. The van der Waals surface area contributed by atoms with Crippen molar-refractivity contribution in [3.8, 4) is 0 Å². The van der Waals surface area contributed by atoms with E-state index in [9.17, 15) is 0 Å². The Hall–Kier alpha value is -2.91. The minimum absolute atomic E-state index is 0.127. The second-order valence-corrected chi connectivity index (χ2v) is 7.38. The number of hydrogen-bond acceptors (Lipinski definition) is 3. The van der Waals surface area contributed by atoms with Crippen molar-refractivity contribution in [1.29, 1.82) is 0 Å². The quantitative estimate of drug-likeness (QED) is 0.662. The molecular weight excluding hydrogens is 354 g/mol. The lowest BCUT2D eigenvalue weighted by molar-refractivity contribution is 0.808. The molecule has 27 heavy (non-hydrogen) atoms. The Morgan fingerprint density at radius 1 is 0.815 bits per heavy atom. The fourth-order valence-electron chi connectivity index (χ4n) is 3.77. The molecule has 0 aromatic heterocycles. The third-order valence-electron chi connectivity index (χ3n) is 5.21. The van der Waals surface area contributed by atoms with Crippen molar-refractivity contribution in [2.75, 3.05) is 17.2 Å². The summed E-state index contributed by atoms with van der Waals surface area (Å²) in [5, 5.41) is 11.6. The molecule has 2 aromatic rings. The van der Waals surface area contributed by atoms with E-state index in [2.05, 4.69) is 82.7 Å². The van der Waals surface area contributed by atoms with Crippen LogP contribution in [0.4, 0.5) is 11.4 Å². The van der Waals surface area contributed by atoms with E-state index in [1.165, 1.54) is 22.4 Å². The Balaban J connectivity index is 1.48. The molecule has 3 N–H and O–H groups in total. The molecule has 0 bridgehead atoms. The van der Waals surface area contributed by atoms with E-state index in [-0.39, 0.29) is 12.1 Å². The number of rotatable bonds is 2. The van der Waals surface area contributed by atoms with Gasteiger partial charge in [-0.3, -0.25) is 0 Å². The van der Waals surface area contributed by atoms with Crippen molar-refractivity contribution in [2.24, 2.45) is 0 Å². The monoisotopic (exact) mass is 373 g/mol. The van der Waals surface area contributed by atoms with Gasteiger partial charge in [0.25, 0.3) is 0 Å². The highest BCUT2D eigenvalue weighted by Gasteiger charge is 2.24. The summed E-state index contributed by atoms with van der Waals surface area (Å²) < 4.78 is 0. The number of dihydropyridines is 1. The first-order valence-electron chi connectivity index (χ1n) is 9.20. The van der Waals surface area contributed by atoms with Crippen LogP contribution in [-0.4, -0.2) is 12.6 Å². The van der Waals surface area contributed by atoms with Gasteiger partial charge in [0.05, 0.1) is 23.5 Å². The Labute approximate surface area is 164 Å². The van der Waals surface area contributed by atoms with Gasteiger partial charge in [-0.25, -0.2) is 0 Å². The zero-order valence-electron chi connectivity index (χ0n) is 14.7. The van der Waals surface area contributed by atoms with E-state index in [1.807, 2.05) is 12.1 Å². The highest BCUT2D eigenvalue weighted by molar-refractivity contribution is 6.30. The van der Waals surface area contributed by atoms with E-state index in [4.69, 9.17) is 11.6 Å². The summed E-state index contributed by atoms with van der Waals surface area (Å²) in [5.41, 5.74) is 7.10. The van der Waals surface area contributed by atoms with Crippen molar-refractivity contribution in [2.45, 2.75) is 12.1 Å². The molecule has 3 nitrogen and oxygen atoms in total. The summed E-state index contributed by atoms with van der Waals surface area (Å²) in [4.78, 5) is 0. The molecule has 0 spiro atoms. The summed E-state index contributed by atoms with van der Waals surface area (Å²) in [6.45, 7) is 0.872. The molecule has 0 aliphatic carbocycles. The summed E-state index contributed by atoms with van der Waals surface area (Å²) in [6.07, 6.45) is 15.2. The van der Waals surface area contributed by atoms with Crippen molar-refractivity contribution in [3.05, 3.63) is 94.2 Å². The number of nitrogens with one attached hydrogen (secondary N) is 3. The first-order valence-corrected chi connectivity index (χ1v) is 9.58. The fraction of sp³-hybridized carbons (Fsp3) is 0.130. The van der Waals surface area contributed by atoms with E-state index in [0.717, 1.165) is 22.9 Å². The molecule has 0 saturated carbocycles. The average Bonchev–Trinajstić information content (AvgIpc) is 2.74. The number of hydrogen-bond donors (Lipinski definition) is 3. The maximum Gasteiger partial charge on any atom is 0.0848 e. The standard InChI is InChI=1S/C23H20ClN3/c24-18-10-6-15(7-11-18)19-12-8-16-4-5-17-9-13-21(20-3-1-2-14-25-20)27-23(17)22(16)26-19/h1-13,19,21,25-27H,14H2. The first kappa shape index (κ1) is 16.3. The number of allylic oxidation sites excluding steroid dienone is 2. The summed E-state index contributed by atoms with van der Waals surface area (Å²) in [5.74, 6) is 0. The lowest BCUT2D eigenvalue weighted by Gasteiger charge is -2.31. The minimum Gasteiger partial charge on any atom is -0.383 e. The van der Waals surface area contributed by atoms with Gasteiger partial charge >= 0.3 is 0 Å². The van der Waals surface area contributed by atoms with Gasteiger partial charge in [-0.1, -0.05) is 72.3 Å². The molecule has 0 radical (unpaired) electrons. The van der Waals surface area contributed by atoms with E-state index in [0.29, 0.717) is 0 Å². The zero-order chi connectivity index (χ0) is 18.2. The van der Waals surface area contributed by atoms with Crippen molar-refractivity contribution < 1.29 is 0 Å². The maximum atomic E-state index is 6.04. The van der Waals surface area contributed by atoms with Crippen LogP contribution in [0.2, 0.25) is 5.02 Å². The molecule has 134 valence electrons. The summed E-state index contributed by atoms with van der Waals surface area (Å²) in [6, 6.07) is 12.6. The molecule has 0 saturated heterocycles. The highest BCUT2D eigenvalue weighted by atomic mass is 35.5. The molecule has 0 fully saturated rings. The van der Waals surface area contributed by atoms with Crippen LogP contribution < -0.4 is 16.0 Å². The van der Waals surface area contributed by atoms with Crippen LogP contribution in [-0.2, 0) is 0 Å². The number of benzene rings is 2. The molecule has 2 aromatic carbocycles. The normalized spacial score (nSPS) is 22.0. The Morgan fingerprint density at radius 2 is 1.48 bits per heavy atom. The molecular formula is C23H20ClN3. The van der Waals surface area contributed by atoms with Gasteiger partial charge in [0.1, 0.15) is 0 Å². The maximum absolute atomic E-state index is 6.04. The molecule has 4 heteroatoms. The van der Waals surface area contributed by atoms with E-state index >= 15 is 0 Å². The zero-order valence-corrected chi connectivity index (χ0v) is 15.5. The summed E-state index contributed by atoms with van der Waals surface area (Å²) in [7, 11) is 0. The molecule has 5 rings (SSSR count). The van der Waals surface area contributed by atoms with Crippen molar-refractivity contribution in [1.82, 2.24) is 5.32 Å². The smallest absolute Gasteiger partial charge is 0.0848 e. The van der Waals surface area contributed by atoms with Crippen LogP contribution in [0, 0.1) is 0 Å². The van der Waals surface area contributed by atoms with Gasteiger partial charge in [-0.05, 0) is 34.9 Å². The van der Waals surface area contributed by atoms with Gasteiger partial charge < -0.3 is 16.0 Å². The predicted octanol–water partition coefficient (Wildman–Crippen LogP) is 5.37.